The van der Waals surface area contributed by atoms with E-state index in [0.717, 1.165) is 42.2 Å². The van der Waals surface area contributed by atoms with Crippen molar-refractivity contribution >= 4 is 45.9 Å². The predicted octanol–water partition coefficient (Wildman–Crippen LogP) is 3.81. The Labute approximate surface area is 182 Å². The van der Waals surface area contributed by atoms with Gasteiger partial charge < -0.3 is 24.8 Å². The van der Waals surface area contributed by atoms with E-state index < -0.39 is 0 Å². The van der Waals surface area contributed by atoms with Crippen molar-refractivity contribution in [2.45, 2.75) is 26.8 Å². The Balaban J connectivity index is 0.00000625. The molecule has 0 amide bonds. The second-order valence-corrected chi connectivity index (χ2v) is 6.84. The van der Waals surface area contributed by atoms with Gasteiger partial charge in [-0.25, -0.2) is 0 Å². The maximum atomic E-state index is 5.57. The average Bonchev–Trinajstić information content (AvgIpc) is 2.59. The molecule has 2 N–H and O–H groups in total. The summed E-state index contributed by atoms with van der Waals surface area (Å²) in [5.74, 6) is 2.71. The van der Waals surface area contributed by atoms with E-state index in [0.29, 0.717) is 24.0 Å². The molecule has 0 unspecified atom stereocenters. The lowest BCUT2D eigenvalue weighted by atomic mass is 10.2. The van der Waals surface area contributed by atoms with Gasteiger partial charge in [0.25, 0.3) is 0 Å². The summed E-state index contributed by atoms with van der Waals surface area (Å²) in [5.41, 5.74) is 1.06. The van der Waals surface area contributed by atoms with E-state index in [4.69, 9.17) is 14.2 Å². The van der Waals surface area contributed by atoms with Crippen molar-refractivity contribution in [1.29, 1.82) is 0 Å². The zero-order valence-electron chi connectivity index (χ0n) is 16.2. The van der Waals surface area contributed by atoms with Crippen molar-refractivity contribution in [2.24, 2.45) is 10.9 Å². The number of ether oxygens (including phenoxy) is 3. The molecule has 0 saturated carbocycles. The van der Waals surface area contributed by atoms with Crippen LogP contribution in [0.4, 0.5) is 0 Å². The van der Waals surface area contributed by atoms with Gasteiger partial charge in [-0.1, -0.05) is 13.8 Å². The SMILES string of the molecule is CN=C(NCCCOCC(C)C)NCc1cc(Br)c(OC)c(OC)c1.I. The molecular formula is C18H31BrIN3O3. The summed E-state index contributed by atoms with van der Waals surface area (Å²) in [6, 6.07) is 3.95. The molecule has 0 radical (unpaired) electrons. The second-order valence-electron chi connectivity index (χ2n) is 5.99. The fourth-order valence-electron chi connectivity index (χ4n) is 2.18. The molecule has 1 aromatic carbocycles. The van der Waals surface area contributed by atoms with Gasteiger partial charge in [0, 0.05) is 33.4 Å². The summed E-state index contributed by atoms with van der Waals surface area (Å²) < 4.78 is 17.1. The summed E-state index contributed by atoms with van der Waals surface area (Å²) >= 11 is 3.51. The van der Waals surface area contributed by atoms with Gasteiger partial charge in [0.15, 0.2) is 17.5 Å². The normalized spacial score (nSPS) is 11.1. The van der Waals surface area contributed by atoms with Crippen LogP contribution in [0.5, 0.6) is 11.5 Å². The van der Waals surface area contributed by atoms with Crippen LogP contribution in [0.15, 0.2) is 21.6 Å². The first-order chi connectivity index (χ1) is 12.0. The smallest absolute Gasteiger partial charge is 0.191 e. The topological polar surface area (TPSA) is 64.1 Å². The lowest BCUT2D eigenvalue weighted by Gasteiger charge is -2.15. The number of aliphatic imine (C=N–C) groups is 1. The van der Waals surface area contributed by atoms with E-state index >= 15 is 0 Å². The molecule has 0 aliphatic rings. The summed E-state index contributed by atoms with van der Waals surface area (Å²) in [7, 11) is 5.01. The Morgan fingerprint density at radius 1 is 1.19 bits per heavy atom. The van der Waals surface area contributed by atoms with E-state index in [1.807, 2.05) is 12.1 Å². The van der Waals surface area contributed by atoms with Gasteiger partial charge in [0.2, 0.25) is 0 Å². The number of nitrogens with one attached hydrogen (secondary N) is 2. The maximum Gasteiger partial charge on any atom is 0.191 e. The Morgan fingerprint density at radius 3 is 2.50 bits per heavy atom. The van der Waals surface area contributed by atoms with E-state index in [9.17, 15) is 0 Å². The van der Waals surface area contributed by atoms with Gasteiger partial charge in [-0.15, -0.1) is 24.0 Å². The van der Waals surface area contributed by atoms with Crippen LogP contribution in [0.2, 0.25) is 0 Å². The summed E-state index contributed by atoms with van der Waals surface area (Å²) in [6.45, 7) is 7.30. The van der Waals surface area contributed by atoms with Crippen molar-refractivity contribution in [1.82, 2.24) is 10.6 Å². The first kappa shape index (κ1) is 25.3. The summed E-state index contributed by atoms with van der Waals surface area (Å²) in [6.07, 6.45) is 0.940. The van der Waals surface area contributed by atoms with Gasteiger partial charge in [0.1, 0.15) is 0 Å². The van der Waals surface area contributed by atoms with E-state index in [2.05, 4.69) is 45.4 Å². The molecule has 0 heterocycles. The monoisotopic (exact) mass is 543 g/mol. The highest BCUT2D eigenvalue weighted by molar-refractivity contribution is 14.0. The van der Waals surface area contributed by atoms with Crippen molar-refractivity contribution in [3.8, 4) is 11.5 Å². The minimum Gasteiger partial charge on any atom is -0.493 e. The number of hydrogen-bond acceptors (Lipinski definition) is 4. The average molecular weight is 544 g/mol. The lowest BCUT2D eigenvalue weighted by Crippen LogP contribution is -2.37. The third-order valence-corrected chi connectivity index (χ3v) is 3.98. The van der Waals surface area contributed by atoms with Gasteiger partial charge in [0.05, 0.1) is 18.7 Å². The van der Waals surface area contributed by atoms with Crippen LogP contribution in [0.25, 0.3) is 0 Å². The minimum atomic E-state index is 0. The summed E-state index contributed by atoms with van der Waals surface area (Å²) in [4.78, 5) is 4.23. The van der Waals surface area contributed by atoms with Crippen molar-refractivity contribution < 1.29 is 14.2 Å². The fraction of sp³-hybridized carbons (Fsp3) is 0.611. The van der Waals surface area contributed by atoms with Crippen LogP contribution in [0.3, 0.4) is 0 Å². The molecule has 0 bridgehead atoms. The third-order valence-electron chi connectivity index (χ3n) is 3.39. The van der Waals surface area contributed by atoms with Crippen LogP contribution in [-0.4, -0.2) is 47.0 Å². The first-order valence-corrected chi connectivity index (χ1v) is 9.23. The van der Waals surface area contributed by atoms with E-state index in [1.165, 1.54) is 0 Å². The highest BCUT2D eigenvalue weighted by Gasteiger charge is 2.10. The number of halogens is 2. The number of nitrogens with zero attached hydrogens (tertiary/aromatic N) is 1. The van der Waals surface area contributed by atoms with Crippen LogP contribution in [-0.2, 0) is 11.3 Å². The quantitative estimate of drug-likeness (QED) is 0.203. The van der Waals surface area contributed by atoms with Crippen LogP contribution in [0, 0.1) is 5.92 Å². The van der Waals surface area contributed by atoms with Gasteiger partial charge in [-0.05, 0) is 46.0 Å². The zero-order chi connectivity index (χ0) is 18.7. The summed E-state index contributed by atoms with van der Waals surface area (Å²) in [5, 5.41) is 6.58. The molecule has 1 aromatic rings. The van der Waals surface area contributed by atoms with Crippen LogP contribution >= 0.6 is 39.9 Å². The van der Waals surface area contributed by atoms with Gasteiger partial charge in [-0.3, -0.25) is 4.99 Å². The Kier molecular flexibility index (Phi) is 13.9. The van der Waals surface area contributed by atoms with Gasteiger partial charge >= 0.3 is 0 Å². The van der Waals surface area contributed by atoms with Crippen molar-refractivity contribution in [3.63, 3.8) is 0 Å². The van der Waals surface area contributed by atoms with E-state index in [1.54, 1.807) is 21.3 Å². The fourth-order valence-corrected chi connectivity index (χ4v) is 2.83. The molecule has 6 nitrogen and oxygen atoms in total. The molecule has 0 aliphatic heterocycles. The Hall–Kier alpha value is -0.740. The minimum absolute atomic E-state index is 0. The molecule has 26 heavy (non-hydrogen) atoms. The molecule has 0 aromatic heterocycles. The molecule has 0 fully saturated rings. The van der Waals surface area contributed by atoms with Crippen LogP contribution < -0.4 is 20.1 Å². The molecule has 0 saturated heterocycles. The second kappa shape index (κ2) is 14.3. The number of guanidine groups is 1. The molecule has 0 spiro atoms. The number of methoxy groups -OCH3 is 2. The number of rotatable bonds is 10. The van der Waals surface area contributed by atoms with Gasteiger partial charge in [-0.2, -0.15) is 0 Å². The largest absolute Gasteiger partial charge is 0.493 e. The maximum absolute atomic E-state index is 5.57. The molecule has 0 aliphatic carbocycles. The Morgan fingerprint density at radius 2 is 1.92 bits per heavy atom. The number of hydrogen-bond donors (Lipinski definition) is 2. The Bertz CT molecular complexity index is 557. The lowest BCUT2D eigenvalue weighted by molar-refractivity contribution is 0.108. The molecular weight excluding hydrogens is 513 g/mol. The number of benzene rings is 1. The predicted molar refractivity (Wildman–Crippen MR) is 121 cm³/mol. The molecule has 1 rings (SSSR count). The molecule has 8 heteroatoms. The molecule has 150 valence electrons. The van der Waals surface area contributed by atoms with E-state index in [-0.39, 0.29) is 24.0 Å². The zero-order valence-corrected chi connectivity index (χ0v) is 20.1. The van der Waals surface area contributed by atoms with Crippen molar-refractivity contribution in [2.75, 3.05) is 41.0 Å². The third kappa shape index (κ3) is 9.27. The standard InChI is InChI=1S/C18H30BrN3O3.HI/c1-13(2)12-25-8-6-7-21-18(20-3)22-11-14-9-15(19)17(24-5)16(10-14)23-4;/h9-10,13H,6-8,11-12H2,1-5H3,(H2,20,21,22);1H. The highest BCUT2D eigenvalue weighted by atomic mass is 127. The van der Waals surface area contributed by atoms with Crippen molar-refractivity contribution in [3.05, 3.63) is 22.2 Å². The van der Waals surface area contributed by atoms with Crippen LogP contribution in [0.1, 0.15) is 25.8 Å². The molecule has 0 atom stereocenters. The first-order valence-electron chi connectivity index (χ1n) is 8.44. The highest BCUT2D eigenvalue weighted by Crippen LogP contribution is 2.36.